The van der Waals surface area contributed by atoms with E-state index in [1.54, 1.807) is 23.6 Å². The van der Waals surface area contributed by atoms with Crippen LogP contribution in [-0.4, -0.2) is 21.6 Å². The Morgan fingerprint density at radius 2 is 2.21 bits per heavy atom. The van der Waals surface area contributed by atoms with Gasteiger partial charge in [0.05, 0.1) is 6.04 Å². The molecule has 0 saturated carbocycles. The van der Waals surface area contributed by atoms with Crippen molar-refractivity contribution >= 4 is 23.2 Å². The van der Waals surface area contributed by atoms with Crippen LogP contribution < -0.4 is 5.32 Å². The topological polar surface area (TPSA) is 71.3 Å². The molecule has 0 fully saturated rings. The average Bonchev–Trinajstić information content (AvgIpc) is 2.98. The van der Waals surface area contributed by atoms with E-state index >= 15 is 0 Å². The maximum absolute atomic E-state index is 11.9. The first-order valence-corrected chi connectivity index (χ1v) is 6.67. The molecule has 2 rings (SSSR count). The summed E-state index contributed by atoms with van der Waals surface area (Å²) in [5.74, 6) is -1.25. The molecule has 1 unspecified atom stereocenters. The highest BCUT2D eigenvalue weighted by atomic mass is 32.1. The molecule has 2 N–H and O–H groups in total. The standard InChI is InChI=1S/C13H14N2O3S/c1-9(11-5-3-7-19-11)14-12(16)8-15-6-2-4-10(15)13(17)18/h2-7,9H,8H2,1H3,(H,14,16)(H,17,18). The summed E-state index contributed by atoms with van der Waals surface area (Å²) in [6.45, 7) is 1.90. The van der Waals surface area contributed by atoms with Crippen molar-refractivity contribution in [2.24, 2.45) is 0 Å². The SMILES string of the molecule is CC(NC(=O)Cn1cccc1C(=O)O)c1cccs1. The van der Waals surface area contributed by atoms with Gasteiger partial charge in [0.2, 0.25) is 5.91 Å². The molecule has 1 atom stereocenters. The minimum absolute atomic E-state index is 0.00431. The van der Waals surface area contributed by atoms with Gasteiger partial charge in [-0.25, -0.2) is 4.79 Å². The Morgan fingerprint density at radius 1 is 1.42 bits per heavy atom. The molecular formula is C13H14N2O3S. The van der Waals surface area contributed by atoms with E-state index in [4.69, 9.17) is 5.11 Å². The molecule has 0 bridgehead atoms. The molecule has 1 amide bonds. The van der Waals surface area contributed by atoms with E-state index in [2.05, 4.69) is 5.32 Å². The first-order valence-electron chi connectivity index (χ1n) is 5.79. The zero-order chi connectivity index (χ0) is 13.8. The van der Waals surface area contributed by atoms with Gasteiger partial charge in [-0.05, 0) is 30.5 Å². The molecule has 0 aliphatic heterocycles. The van der Waals surface area contributed by atoms with E-state index in [-0.39, 0.29) is 24.2 Å². The largest absolute Gasteiger partial charge is 0.477 e. The van der Waals surface area contributed by atoms with Crippen molar-refractivity contribution < 1.29 is 14.7 Å². The summed E-state index contributed by atoms with van der Waals surface area (Å²) in [6.07, 6.45) is 1.58. The maximum atomic E-state index is 11.9. The summed E-state index contributed by atoms with van der Waals surface area (Å²) in [6, 6.07) is 6.89. The van der Waals surface area contributed by atoms with E-state index < -0.39 is 5.97 Å². The molecule has 5 nitrogen and oxygen atoms in total. The van der Waals surface area contributed by atoms with E-state index in [1.165, 1.54) is 10.6 Å². The van der Waals surface area contributed by atoms with Gasteiger partial charge in [-0.3, -0.25) is 4.79 Å². The van der Waals surface area contributed by atoms with Gasteiger partial charge in [-0.2, -0.15) is 0 Å². The van der Waals surface area contributed by atoms with Crippen molar-refractivity contribution in [1.29, 1.82) is 0 Å². The average molecular weight is 278 g/mol. The molecule has 6 heteroatoms. The Bertz CT molecular complexity index is 574. The highest BCUT2D eigenvalue weighted by molar-refractivity contribution is 7.10. The Morgan fingerprint density at radius 3 is 2.84 bits per heavy atom. The summed E-state index contributed by atoms with van der Waals surface area (Å²) in [5, 5.41) is 13.7. The van der Waals surface area contributed by atoms with Gasteiger partial charge in [0.1, 0.15) is 12.2 Å². The second-order valence-electron chi connectivity index (χ2n) is 4.13. The van der Waals surface area contributed by atoms with Gasteiger partial charge >= 0.3 is 5.97 Å². The number of nitrogens with one attached hydrogen (secondary N) is 1. The third-order valence-corrected chi connectivity index (χ3v) is 3.77. The fourth-order valence-electron chi connectivity index (χ4n) is 1.80. The van der Waals surface area contributed by atoms with Crippen LogP contribution in [0.2, 0.25) is 0 Å². The lowest BCUT2D eigenvalue weighted by Gasteiger charge is -2.13. The van der Waals surface area contributed by atoms with Crippen molar-refractivity contribution in [3.63, 3.8) is 0 Å². The van der Waals surface area contributed by atoms with E-state index in [0.29, 0.717) is 0 Å². The molecule has 100 valence electrons. The van der Waals surface area contributed by atoms with Crippen LogP contribution in [0.4, 0.5) is 0 Å². The zero-order valence-corrected chi connectivity index (χ0v) is 11.2. The van der Waals surface area contributed by atoms with Crippen LogP contribution in [0.15, 0.2) is 35.8 Å². The molecule has 2 heterocycles. The van der Waals surface area contributed by atoms with Crippen LogP contribution >= 0.6 is 11.3 Å². The molecule has 2 aromatic heterocycles. The van der Waals surface area contributed by atoms with Crippen molar-refractivity contribution in [1.82, 2.24) is 9.88 Å². The second-order valence-corrected chi connectivity index (χ2v) is 5.11. The number of carboxylic acids is 1. The second kappa shape index (κ2) is 5.71. The number of hydrogen-bond donors (Lipinski definition) is 2. The Balaban J connectivity index is 1.98. The van der Waals surface area contributed by atoms with Crippen LogP contribution in [-0.2, 0) is 11.3 Å². The Hall–Kier alpha value is -2.08. The van der Waals surface area contributed by atoms with Crippen molar-refractivity contribution in [3.05, 3.63) is 46.4 Å². The van der Waals surface area contributed by atoms with Gasteiger partial charge in [0.25, 0.3) is 0 Å². The summed E-state index contributed by atoms with van der Waals surface area (Å²) < 4.78 is 1.42. The number of aromatic carboxylic acids is 1. The lowest BCUT2D eigenvalue weighted by molar-refractivity contribution is -0.122. The van der Waals surface area contributed by atoms with Gasteiger partial charge < -0.3 is 15.0 Å². The molecule has 0 saturated heterocycles. The predicted molar refractivity (Wildman–Crippen MR) is 72.3 cm³/mol. The summed E-state index contributed by atoms with van der Waals surface area (Å²) in [7, 11) is 0. The Labute approximate surface area is 114 Å². The molecule has 0 spiro atoms. The van der Waals surface area contributed by atoms with E-state index in [1.807, 2.05) is 24.4 Å². The number of carbonyl (C=O) groups excluding carboxylic acids is 1. The quantitative estimate of drug-likeness (QED) is 0.880. The number of rotatable bonds is 5. The summed E-state index contributed by atoms with van der Waals surface area (Å²) in [5.41, 5.74) is 0.110. The third kappa shape index (κ3) is 3.23. The third-order valence-electron chi connectivity index (χ3n) is 2.71. The number of amides is 1. The zero-order valence-electron chi connectivity index (χ0n) is 10.4. The van der Waals surface area contributed by atoms with E-state index in [9.17, 15) is 9.59 Å². The van der Waals surface area contributed by atoms with Crippen LogP contribution in [0, 0.1) is 0 Å². The van der Waals surface area contributed by atoms with E-state index in [0.717, 1.165) is 4.88 Å². The minimum atomic E-state index is -1.04. The van der Waals surface area contributed by atoms with Gasteiger partial charge in [0, 0.05) is 11.1 Å². The monoisotopic (exact) mass is 278 g/mol. The normalized spacial score (nSPS) is 12.1. The lowest BCUT2D eigenvalue weighted by Crippen LogP contribution is -2.30. The summed E-state index contributed by atoms with van der Waals surface area (Å²) in [4.78, 5) is 23.9. The number of thiophene rings is 1. The number of aromatic nitrogens is 1. The number of carbonyl (C=O) groups is 2. The lowest BCUT2D eigenvalue weighted by atomic mass is 10.3. The Kier molecular flexibility index (Phi) is 4.01. The van der Waals surface area contributed by atoms with Crippen LogP contribution in [0.1, 0.15) is 28.3 Å². The van der Waals surface area contributed by atoms with Crippen molar-refractivity contribution in [2.45, 2.75) is 19.5 Å². The van der Waals surface area contributed by atoms with Gasteiger partial charge in [-0.15, -0.1) is 11.3 Å². The first kappa shape index (κ1) is 13.4. The fourth-order valence-corrected chi connectivity index (χ4v) is 2.53. The number of carboxylic acid groups (broad SMARTS) is 1. The number of hydrogen-bond acceptors (Lipinski definition) is 3. The molecular weight excluding hydrogens is 264 g/mol. The van der Waals surface area contributed by atoms with Crippen molar-refractivity contribution in [3.8, 4) is 0 Å². The predicted octanol–water partition coefficient (Wildman–Crippen LogP) is 2.13. The highest BCUT2D eigenvalue weighted by Gasteiger charge is 2.14. The molecule has 0 aliphatic rings. The van der Waals surface area contributed by atoms with Crippen LogP contribution in [0.5, 0.6) is 0 Å². The van der Waals surface area contributed by atoms with Gasteiger partial charge in [-0.1, -0.05) is 6.07 Å². The number of nitrogens with zero attached hydrogens (tertiary/aromatic N) is 1. The smallest absolute Gasteiger partial charge is 0.352 e. The first-order chi connectivity index (χ1) is 9.08. The molecule has 0 aliphatic carbocycles. The van der Waals surface area contributed by atoms with Crippen LogP contribution in [0.25, 0.3) is 0 Å². The highest BCUT2D eigenvalue weighted by Crippen LogP contribution is 2.17. The van der Waals surface area contributed by atoms with Crippen LogP contribution in [0.3, 0.4) is 0 Å². The minimum Gasteiger partial charge on any atom is -0.477 e. The molecule has 0 aromatic carbocycles. The molecule has 19 heavy (non-hydrogen) atoms. The van der Waals surface area contributed by atoms with Gasteiger partial charge in [0.15, 0.2) is 0 Å². The summed E-state index contributed by atoms with van der Waals surface area (Å²) >= 11 is 1.57. The maximum Gasteiger partial charge on any atom is 0.352 e. The fraction of sp³-hybridized carbons (Fsp3) is 0.231. The molecule has 2 aromatic rings. The molecule has 0 radical (unpaired) electrons. The van der Waals surface area contributed by atoms with Crippen molar-refractivity contribution in [2.75, 3.05) is 0 Å².